The first-order valence-electron chi connectivity index (χ1n) is 8.81. The van der Waals surface area contributed by atoms with Crippen LogP contribution in [0.15, 0.2) is 42.5 Å². The molecule has 0 fully saturated rings. The Bertz CT molecular complexity index is 1110. The zero-order chi connectivity index (χ0) is 22.8. The molecule has 1 amide bonds. The van der Waals surface area contributed by atoms with Crippen LogP contribution in [0.25, 0.3) is 0 Å². The van der Waals surface area contributed by atoms with E-state index in [2.05, 4.69) is 5.10 Å². The van der Waals surface area contributed by atoms with Gasteiger partial charge in [-0.3, -0.25) is 9.48 Å². The minimum atomic E-state index is -4.50. The fourth-order valence-electron chi connectivity index (χ4n) is 2.64. The molecule has 0 atom stereocenters. The van der Waals surface area contributed by atoms with Crippen molar-refractivity contribution in [2.75, 3.05) is 0 Å². The van der Waals surface area contributed by atoms with E-state index in [9.17, 15) is 26.7 Å². The maximum atomic E-state index is 13.7. The molecular weight excluding hydrogens is 425 g/mol. The van der Waals surface area contributed by atoms with Crippen molar-refractivity contribution in [1.29, 1.82) is 0 Å². The summed E-state index contributed by atoms with van der Waals surface area (Å²) in [5, 5.41) is 4.03. The smallest absolute Gasteiger partial charge is 0.416 e. The van der Waals surface area contributed by atoms with Gasteiger partial charge in [0.15, 0.2) is 11.6 Å². The summed E-state index contributed by atoms with van der Waals surface area (Å²) in [6.45, 7) is 1.27. The zero-order valence-electron chi connectivity index (χ0n) is 16.3. The van der Waals surface area contributed by atoms with Gasteiger partial charge in [-0.2, -0.15) is 18.7 Å². The Morgan fingerprint density at radius 3 is 2.58 bits per heavy atom. The molecule has 2 aromatic carbocycles. The fraction of sp³-hybridized carbons (Fsp3) is 0.200. The summed E-state index contributed by atoms with van der Waals surface area (Å²) in [5.41, 5.74) is 1.70. The topological polar surface area (TPSA) is 65.4 Å². The van der Waals surface area contributed by atoms with Gasteiger partial charge in [-0.05, 0) is 36.8 Å². The summed E-state index contributed by atoms with van der Waals surface area (Å²) in [6.07, 6.45) is -4.50. The Morgan fingerprint density at radius 1 is 1.16 bits per heavy atom. The number of amides is 1. The van der Waals surface area contributed by atoms with Crippen molar-refractivity contribution in [1.82, 2.24) is 15.3 Å². The molecule has 3 rings (SSSR count). The molecule has 164 valence electrons. The molecule has 1 heterocycles. The van der Waals surface area contributed by atoms with Crippen LogP contribution in [-0.2, 0) is 19.8 Å². The second-order valence-electron chi connectivity index (χ2n) is 6.48. The molecular formula is C20H16F5N3O3. The fourth-order valence-corrected chi connectivity index (χ4v) is 2.64. The van der Waals surface area contributed by atoms with Crippen molar-refractivity contribution in [3.05, 3.63) is 76.5 Å². The highest BCUT2D eigenvalue weighted by Gasteiger charge is 2.30. The van der Waals surface area contributed by atoms with Crippen LogP contribution >= 0.6 is 0 Å². The van der Waals surface area contributed by atoms with Crippen molar-refractivity contribution in [3.8, 4) is 11.6 Å². The Hall–Kier alpha value is -3.63. The Morgan fingerprint density at radius 2 is 1.90 bits per heavy atom. The summed E-state index contributed by atoms with van der Waals surface area (Å²) in [4.78, 5) is 17.4. The number of hydrogen-bond acceptors (Lipinski definition) is 4. The van der Waals surface area contributed by atoms with Gasteiger partial charge in [-0.25, -0.2) is 8.78 Å². The maximum Gasteiger partial charge on any atom is 0.416 e. The average Bonchev–Trinajstić information content (AvgIpc) is 2.99. The summed E-state index contributed by atoms with van der Waals surface area (Å²) >= 11 is 0. The number of rotatable bonds is 6. The Labute approximate surface area is 173 Å². The number of benzene rings is 2. The van der Waals surface area contributed by atoms with Gasteiger partial charge in [0.25, 0.3) is 5.91 Å². The third kappa shape index (κ3) is 5.11. The van der Waals surface area contributed by atoms with Gasteiger partial charge in [0, 0.05) is 13.1 Å². The average molecular weight is 441 g/mol. The van der Waals surface area contributed by atoms with Crippen LogP contribution < -0.4 is 15.1 Å². The maximum absolute atomic E-state index is 13.7. The Balaban J connectivity index is 1.75. The molecule has 1 aromatic heterocycles. The minimum absolute atomic E-state index is 0.0583. The number of hydroxylamine groups is 1. The number of ether oxygens (including phenoxy) is 1. The number of halogens is 5. The Kier molecular flexibility index (Phi) is 6.14. The largest absolute Gasteiger partial charge is 0.471 e. The van der Waals surface area contributed by atoms with Crippen LogP contribution in [0.2, 0.25) is 0 Å². The molecule has 1 N–H and O–H groups in total. The summed E-state index contributed by atoms with van der Waals surface area (Å²) in [6, 6.07) is 7.06. The van der Waals surface area contributed by atoms with E-state index in [4.69, 9.17) is 9.57 Å². The van der Waals surface area contributed by atoms with Crippen LogP contribution in [-0.4, -0.2) is 15.7 Å². The van der Waals surface area contributed by atoms with Crippen LogP contribution in [0.5, 0.6) is 11.6 Å². The second kappa shape index (κ2) is 8.62. The molecule has 0 bridgehead atoms. The number of aryl methyl sites for hydroxylation is 1. The van der Waals surface area contributed by atoms with Gasteiger partial charge in [-0.1, -0.05) is 12.1 Å². The third-order valence-electron chi connectivity index (χ3n) is 4.31. The first-order chi connectivity index (χ1) is 14.6. The predicted octanol–water partition coefficient (Wildman–Crippen LogP) is 4.33. The molecule has 0 aliphatic rings. The SMILES string of the molecule is Cc1c(C(=O)NOc2ccc(F)cc2F)c(OCc2cccc(C(F)(F)F)c2)nn1C. The highest BCUT2D eigenvalue weighted by atomic mass is 19.4. The lowest BCUT2D eigenvalue weighted by Crippen LogP contribution is -2.28. The molecule has 0 saturated carbocycles. The van der Waals surface area contributed by atoms with Crippen molar-refractivity contribution >= 4 is 5.91 Å². The van der Waals surface area contributed by atoms with E-state index in [1.54, 1.807) is 6.92 Å². The standard InChI is InChI=1S/C20H16F5N3O3/c1-11-17(18(29)27-31-16-7-6-14(21)9-15(16)22)19(26-28(11)2)30-10-12-4-3-5-13(8-12)20(23,24)25/h3-9H,10H2,1-2H3,(H,27,29). The highest BCUT2D eigenvalue weighted by molar-refractivity contribution is 5.97. The second-order valence-corrected chi connectivity index (χ2v) is 6.48. The number of nitrogens with one attached hydrogen (secondary N) is 1. The van der Waals surface area contributed by atoms with E-state index >= 15 is 0 Å². The van der Waals surface area contributed by atoms with E-state index < -0.39 is 35.0 Å². The molecule has 0 saturated heterocycles. The number of carbonyl (C=O) groups is 1. The van der Waals surface area contributed by atoms with Gasteiger partial charge in [-0.15, -0.1) is 5.10 Å². The van der Waals surface area contributed by atoms with Crippen LogP contribution in [0.4, 0.5) is 22.0 Å². The van der Waals surface area contributed by atoms with E-state index in [-0.39, 0.29) is 23.6 Å². The molecule has 0 spiro atoms. The lowest BCUT2D eigenvalue weighted by atomic mass is 10.1. The summed E-state index contributed by atoms with van der Waals surface area (Å²) in [5.74, 6) is -3.25. The van der Waals surface area contributed by atoms with Gasteiger partial charge >= 0.3 is 6.18 Å². The first kappa shape index (κ1) is 22.1. The van der Waals surface area contributed by atoms with Crippen LogP contribution in [0.3, 0.4) is 0 Å². The van der Waals surface area contributed by atoms with Crippen molar-refractivity contribution < 1.29 is 36.3 Å². The van der Waals surface area contributed by atoms with Crippen LogP contribution in [0.1, 0.15) is 27.2 Å². The van der Waals surface area contributed by atoms with E-state index in [1.807, 2.05) is 5.48 Å². The lowest BCUT2D eigenvalue weighted by Gasteiger charge is -2.10. The molecule has 0 unspecified atom stereocenters. The highest BCUT2D eigenvalue weighted by Crippen LogP contribution is 2.30. The van der Waals surface area contributed by atoms with Gasteiger partial charge < -0.3 is 9.57 Å². The summed E-state index contributed by atoms with van der Waals surface area (Å²) < 4.78 is 72.0. The van der Waals surface area contributed by atoms with E-state index in [1.165, 1.54) is 23.9 Å². The van der Waals surface area contributed by atoms with Gasteiger partial charge in [0.05, 0.1) is 11.3 Å². The molecule has 0 aliphatic carbocycles. The number of hydrogen-bond donors (Lipinski definition) is 1. The number of alkyl halides is 3. The number of nitrogens with zero attached hydrogens (tertiary/aromatic N) is 2. The number of carbonyl (C=O) groups excluding carboxylic acids is 1. The van der Waals surface area contributed by atoms with E-state index in [0.717, 1.165) is 24.3 Å². The van der Waals surface area contributed by atoms with Gasteiger partial charge in [0.2, 0.25) is 5.88 Å². The monoisotopic (exact) mass is 441 g/mol. The molecule has 31 heavy (non-hydrogen) atoms. The molecule has 0 radical (unpaired) electrons. The zero-order valence-corrected chi connectivity index (χ0v) is 16.3. The first-order valence-corrected chi connectivity index (χ1v) is 8.81. The molecule has 6 nitrogen and oxygen atoms in total. The van der Waals surface area contributed by atoms with Crippen molar-refractivity contribution in [2.24, 2.45) is 7.05 Å². The summed E-state index contributed by atoms with van der Waals surface area (Å²) in [7, 11) is 1.53. The molecule has 0 aliphatic heterocycles. The van der Waals surface area contributed by atoms with Crippen LogP contribution in [0, 0.1) is 18.6 Å². The normalized spacial score (nSPS) is 11.3. The van der Waals surface area contributed by atoms with Crippen molar-refractivity contribution in [3.63, 3.8) is 0 Å². The molecule has 3 aromatic rings. The van der Waals surface area contributed by atoms with E-state index in [0.29, 0.717) is 11.8 Å². The third-order valence-corrected chi connectivity index (χ3v) is 4.31. The minimum Gasteiger partial charge on any atom is -0.471 e. The van der Waals surface area contributed by atoms with Gasteiger partial charge in [0.1, 0.15) is 18.0 Å². The quantitative estimate of drug-likeness (QED) is 0.457. The number of aromatic nitrogens is 2. The molecule has 11 heteroatoms. The predicted molar refractivity (Wildman–Crippen MR) is 98.2 cm³/mol. The van der Waals surface area contributed by atoms with Crippen molar-refractivity contribution in [2.45, 2.75) is 19.7 Å². The lowest BCUT2D eigenvalue weighted by molar-refractivity contribution is -0.137.